The van der Waals surface area contributed by atoms with E-state index in [4.69, 9.17) is 11.6 Å². The second-order valence-electron chi connectivity index (χ2n) is 6.01. The molecule has 1 N–H and O–H groups in total. The smallest absolute Gasteiger partial charge is 0.248 e. The normalized spacial score (nSPS) is 18.9. The minimum atomic E-state index is -0.440. The fourth-order valence-electron chi connectivity index (χ4n) is 2.59. The van der Waals surface area contributed by atoms with Crippen molar-refractivity contribution in [3.63, 3.8) is 0 Å². The Kier molecular flexibility index (Phi) is 12.1. The molecule has 25 heavy (non-hydrogen) atoms. The highest BCUT2D eigenvalue weighted by Crippen LogP contribution is 2.31. The van der Waals surface area contributed by atoms with Crippen LogP contribution in [0.4, 0.5) is 0 Å². The predicted molar refractivity (Wildman–Crippen MR) is 113 cm³/mol. The Bertz CT molecular complexity index is 501. The molecular formula is C19H33BrClN3O. The lowest BCUT2D eigenvalue weighted by molar-refractivity contribution is -0.141. The zero-order valence-corrected chi connectivity index (χ0v) is 18.7. The van der Waals surface area contributed by atoms with Gasteiger partial charge in [-0.05, 0) is 40.4 Å². The third kappa shape index (κ3) is 7.14. The Labute approximate surface area is 166 Å². The Balaban J connectivity index is 0.00000134. The van der Waals surface area contributed by atoms with Crippen molar-refractivity contribution < 1.29 is 4.79 Å². The van der Waals surface area contributed by atoms with Crippen LogP contribution >= 0.6 is 27.5 Å². The number of nitrogens with zero attached hydrogens (tertiary/aromatic N) is 2. The van der Waals surface area contributed by atoms with E-state index in [9.17, 15) is 4.79 Å². The number of hydrogen-bond acceptors (Lipinski definition) is 3. The summed E-state index contributed by atoms with van der Waals surface area (Å²) >= 11 is 9.22. The highest BCUT2D eigenvalue weighted by Gasteiger charge is 2.38. The van der Waals surface area contributed by atoms with E-state index in [2.05, 4.69) is 32.4 Å². The van der Waals surface area contributed by atoms with E-state index in [0.29, 0.717) is 5.88 Å². The van der Waals surface area contributed by atoms with Crippen molar-refractivity contribution >= 4 is 39.7 Å². The first kappa shape index (κ1) is 24.2. The van der Waals surface area contributed by atoms with Crippen LogP contribution < -0.4 is 5.32 Å². The number of amides is 1. The Hall–Kier alpha value is -0.810. The molecule has 2 heterocycles. The molecule has 4 nitrogen and oxygen atoms in total. The predicted octanol–water partition coefficient (Wildman–Crippen LogP) is 5.44. The summed E-state index contributed by atoms with van der Waals surface area (Å²) in [6, 6.07) is 0.0153. The Morgan fingerprint density at radius 2 is 2.04 bits per heavy atom. The largest absolute Gasteiger partial charge is 0.386 e. The van der Waals surface area contributed by atoms with E-state index in [1.807, 2.05) is 54.0 Å². The molecule has 1 amide bonds. The maximum Gasteiger partial charge on any atom is 0.248 e. The maximum absolute atomic E-state index is 12.8. The molecule has 0 spiro atoms. The van der Waals surface area contributed by atoms with E-state index < -0.39 is 5.41 Å². The average Bonchev–Trinajstić information content (AvgIpc) is 3.12. The van der Waals surface area contributed by atoms with E-state index in [-0.39, 0.29) is 11.9 Å². The van der Waals surface area contributed by atoms with Gasteiger partial charge in [0.2, 0.25) is 5.91 Å². The van der Waals surface area contributed by atoms with E-state index in [0.717, 1.165) is 30.3 Å². The summed E-state index contributed by atoms with van der Waals surface area (Å²) in [5, 5.41) is 9.17. The van der Waals surface area contributed by atoms with Gasteiger partial charge in [-0.25, -0.2) is 5.01 Å². The molecule has 144 valence electrons. The monoisotopic (exact) mass is 433 g/mol. The molecule has 6 heteroatoms. The summed E-state index contributed by atoms with van der Waals surface area (Å²) in [7, 11) is 0. The van der Waals surface area contributed by atoms with Gasteiger partial charge in [-0.3, -0.25) is 4.79 Å². The lowest BCUT2D eigenvalue weighted by Crippen LogP contribution is -2.43. The van der Waals surface area contributed by atoms with E-state index >= 15 is 0 Å². The first-order valence-corrected chi connectivity index (χ1v) is 10.5. The van der Waals surface area contributed by atoms with Crippen molar-refractivity contribution in [2.45, 2.75) is 66.8 Å². The van der Waals surface area contributed by atoms with Crippen LogP contribution in [0.1, 0.15) is 60.8 Å². The molecule has 0 aromatic rings. The van der Waals surface area contributed by atoms with Crippen LogP contribution in [0.2, 0.25) is 0 Å². The van der Waals surface area contributed by atoms with Gasteiger partial charge in [0.25, 0.3) is 0 Å². The van der Waals surface area contributed by atoms with Gasteiger partial charge in [-0.15, -0.1) is 11.6 Å². The SMILES string of the molecule is CC.CC.CC(C)(CCCCl)C(=O)N1N=CCC1C1=CC(Br)=CNC1. The van der Waals surface area contributed by atoms with Crippen molar-refractivity contribution in [1.82, 2.24) is 10.3 Å². The number of carbonyl (C=O) groups excluding carboxylic acids is 1. The minimum Gasteiger partial charge on any atom is -0.386 e. The molecule has 0 fully saturated rings. The molecule has 0 saturated carbocycles. The highest BCUT2D eigenvalue weighted by atomic mass is 79.9. The number of dihydropyridines is 1. The van der Waals surface area contributed by atoms with Gasteiger partial charge in [0.15, 0.2) is 0 Å². The van der Waals surface area contributed by atoms with Crippen molar-refractivity contribution in [2.75, 3.05) is 12.4 Å². The summed E-state index contributed by atoms with van der Waals surface area (Å²) < 4.78 is 0.990. The van der Waals surface area contributed by atoms with Gasteiger partial charge in [-0.2, -0.15) is 5.10 Å². The van der Waals surface area contributed by atoms with Crippen molar-refractivity contribution in [1.29, 1.82) is 0 Å². The van der Waals surface area contributed by atoms with Crippen molar-refractivity contribution in [3.8, 4) is 0 Å². The Morgan fingerprint density at radius 3 is 2.60 bits per heavy atom. The van der Waals surface area contributed by atoms with Crippen LogP contribution in [0.15, 0.2) is 27.4 Å². The van der Waals surface area contributed by atoms with Crippen LogP contribution in [0.5, 0.6) is 0 Å². The number of hydrazone groups is 1. The maximum atomic E-state index is 12.8. The molecule has 0 saturated heterocycles. The number of carbonyl (C=O) groups is 1. The molecular weight excluding hydrogens is 402 g/mol. The summed E-state index contributed by atoms with van der Waals surface area (Å²) in [5.74, 6) is 0.647. The number of allylic oxidation sites excluding steroid dienone is 2. The van der Waals surface area contributed by atoms with Crippen LogP contribution in [0.3, 0.4) is 0 Å². The molecule has 0 radical (unpaired) electrons. The number of alkyl halides is 1. The van der Waals surface area contributed by atoms with Crippen LogP contribution in [0, 0.1) is 5.41 Å². The molecule has 1 unspecified atom stereocenters. The lowest BCUT2D eigenvalue weighted by Gasteiger charge is -2.32. The number of rotatable bonds is 5. The highest BCUT2D eigenvalue weighted by molar-refractivity contribution is 9.11. The zero-order valence-electron chi connectivity index (χ0n) is 16.4. The molecule has 2 rings (SSSR count). The third-order valence-corrected chi connectivity index (χ3v) is 4.57. The van der Waals surface area contributed by atoms with Gasteiger partial charge < -0.3 is 5.32 Å². The van der Waals surface area contributed by atoms with Gasteiger partial charge >= 0.3 is 0 Å². The van der Waals surface area contributed by atoms with Crippen LogP contribution in [0.25, 0.3) is 0 Å². The van der Waals surface area contributed by atoms with Crippen molar-refractivity contribution in [2.24, 2.45) is 10.5 Å². The first-order chi connectivity index (χ1) is 12.0. The minimum absolute atomic E-state index is 0.0153. The van der Waals surface area contributed by atoms with Crippen LogP contribution in [-0.4, -0.2) is 35.6 Å². The standard InChI is InChI=1S/C15H21BrClN3O.2C2H6/c1-15(2,5-3-6-17)14(21)20-13(4-7-19-20)11-8-12(16)10-18-9-11;2*1-2/h7-8,10,13,18H,3-6,9H2,1-2H3;2*1-2H3. The van der Waals surface area contributed by atoms with Gasteiger partial charge in [0.05, 0.1) is 6.04 Å². The molecule has 0 aromatic heterocycles. The molecule has 0 aromatic carbocycles. The molecule has 1 atom stereocenters. The second-order valence-corrected chi connectivity index (χ2v) is 7.30. The van der Waals surface area contributed by atoms with Crippen molar-refractivity contribution in [3.05, 3.63) is 22.3 Å². The zero-order chi connectivity index (χ0) is 19.5. The average molecular weight is 435 g/mol. The molecule has 2 aliphatic heterocycles. The van der Waals surface area contributed by atoms with Gasteiger partial charge in [-0.1, -0.05) is 41.5 Å². The second kappa shape index (κ2) is 12.5. The topological polar surface area (TPSA) is 44.7 Å². The molecule has 2 aliphatic rings. The summed E-state index contributed by atoms with van der Waals surface area (Å²) in [5.41, 5.74) is 0.730. The van der Waals surface area contributed by atoms with Gasteiger partial charge in [0, 0.05) is 41.2 Å². The Morgan fingerprint density at radius 1 is 1.40 bits per heavy atom. The summed E-state index contributed by atoms with van der Waals surface area (Å²) in [4.78, 5) is 12.8. The number of nitrogens with one attached hydrogen (secondary N) is 1. The fraction of sp³-hybridized carbons (Fsp3) is 0.684. The molecule has 0 bridgehead atoms. The third-order valence-electron chi connectivity index (χ3n) is 3.85. The lowest BCUT2D eigenvalue weighted by atomic mass is 9.86. The molecule has 0 aliphatic carbocycles. The first-order valence-electron chi connectivity index (χ1n) is 9.17. The van der Waals surface area contributed by atoms with Gasteiger partial charge in [0.1, 0.15) is 0 Å². The fourth-order valence-corrected chi connectivity index (χ4v) is 3.18. The number of hydrogen-bond donors (Lipinski definition) is 1. The summed E-state index contributed by atoms with van der Waals surface area (Å²) in [6.07, 6.45) is 8.19. The van der Waals surface area contributed by atoms with E-state index in [1.54, 1.807) is 5.01 Å². The summed E-state index contributed by atoms with van der Waals surface area (Å²) in [6.45, 7) is 12.7. The van der Waals surface area contributed by atoms with E-state index in [1.165, 1.54) is 5.57 Å². The quantitative estimate of drug-likeness (QED) is 0.586. The van der Waals surface area contributed by atoms with Crippen LogP contribution in [-0.2, 0) is 4.79 Å². The number of halogens is 2.